The van der Waals surface area contributed by atoms with Gasteiger partial charge >= 0.3 is 30.8 Å². The Morgan fingerprint density at radius 1 is 1.00 bits per heavy atom. The van der Waals surface area contributed by atoms with Gasteiger partial charge in [-0.05, 0) is 0 Å². The lowest BCUT2D eigenvalue weighted by Crippen LogP contribution is -2.39. The van der Waals surface area contributed by atoms with Crippen molar-refractivity contribution in [1.82, 2.24) is 0 Å². The zero-order valence-corrected chi connectivity index (χ0v) is 6.09. The molecule has 0 saturated carbocycles. The van der Waals surface area contributed by atoms with Crippen LogP contribution in [0.25, 0.3) is 0 Å². The van der Waals surface area contributed by atoms with Crippen molar-refractivity contribution in [1.29, 1.82) is 0 Å². The van der Waals surface area contributed by atoms with Crippen molar-refractivity contribution in [2.24, 2.45) is 0 Å². The minimum Gasteiger partial charge on any atom is -0.425 e. The molecular weight excluding hydrogens is 228 g/mol. The van der Waals surface area contributed by atoms with E-state index < -0.39 is 30.8 Å². The van der Waals surface area contributed by atoms with Crippen molar-refractivity contribution in [2.75, 3.05) is 0 Å². The third kappa shape index (κ3) is 3.04. The quantitative estimate of drug-likeness (QED) is 0.532. The Balaban J connectivity index is 4.50. The predicted octanol–water partition coefficient (Wildman–Crippen LogP) is 3.23. The molecule has 14 heavy (non-hydrogen) atoms. The minimum atomic E-state index is -5.35. The zero-order chi connectivity index (χ0) is 11.5. The maximum atomic E-state index is 12.0. The van der Waals surface area contributed by atoms with E-state index in [9.17, 15) is 35.1 Å². The highest BCUT2D eigenvalue weighted by molar-refractivity contribution is 4.84. The third-order valence-corrected chi connectivity index (χ3v) is 0.949. The lowest BCUT2D eigenvalue weighted by Gasteiger charge is -2.18. The predicted molar refractivity (Wildman–Crippen MR) is 27.3 cm³/mol. The van der Waals surface area contributed by atoms with Crippen molar-refractivity contribution in [3.63, 3.8) is 0 Å². The Kier molecular flexibility index (Phi) is 4.14. The summed E-state index contributed by atoms with van der Waals surface area (Å²) in [5.41, 5.74) is 0. The molecule has 0 amide bonds. The highest BCUT2D eigenvalue weighted by atomic mass is 19.3. The number of hydrogen-bond donors (Lipinski definition) is 0. The molecule has 0 aliphatic heterocycles. The maximum Gasteiger partial charge on any atom is 0.372 e. The summed E-state index contributed by atoms with van der Waals surface area (Å²) in [6.45, 7) is 0. The van der Waals surface area contributed by atoms with Gasteiger partial charge in [0.05, 0.1) is 0 Å². The molecule has 0 heterocycles. The van der Waals surface area contributed by atoms with Crippen LogP contribution in [0.15, 0.2) is 12.1 Å². The average Bonchev–Trinajstić information content (AvgIpc) is 2.03. The summed E-state index contributed by atoms with van der Waals surface area (Å²) >= 11 is 0. The summed E-state index contributed by atoms with van der Waals surface area (Å²) in [7, 11) is 0. The molecule has 0 fully saturated rings. The van der Waals surface area contributed by atoms with Crippen molar-refractivity contribution in [3.05, 3.63) is 12.1 Å². The van der Waals surface area contributed by atoms with Gasteiger partial charge in [-0.2, -0.15) is 26.3 Å². The molecule has 0 aliphatic rings. The molecule has 1 unspecified atom stereocenters. The monoisotopic (exact) mass is 230 g/mol. The van der Waals surface area contributed by atoms with Gasteiger partial charge in [0.2, 0.25) is 0 Å². The SMILES string of the molecule is FC(F)=C(F)OC(F)C(F)(F)C(F)F. The van der Waals surface area contributed by atoms with E-state index in [1.807, 2.05) is 0 Å². The molecule has 0 saturated heterocycles. The number of ether oxygens (including phenoxy) is 1. The fourth-order valence-electron chi connectivity index (χ4n) is 0.313. The first-order chi connectivity index (χ1) is 6.19. The average molecular weight is 230 g/mol. The molecule has 84 valence electrons. The molecule has 0 spiro atoms. The van der Waals surface area contributed by atoms with Gasteiger partial charge in [-0.15, -0.1) is 0 Å². The second-order valence-electron chi connectivity index (χ2n) is 1.94. The topological polar surface area (TPSA) is 9.23 Å². The molecular formula is C5H2F8O. The molecule has 9 heteroatoms. The van der Waals surface area contributed by atoms with E-state index in [4.69, 9.17) is 0 Å². The van der Waals surface area contributed by atoms with Gasteiger partial charge in [0.1, 0.15) is 0 Å². The molecule has 1 nitrogen and oxygen atoms in total. The summed E-state index contributed by atoms with van der Waals surface area (Å²) in [5, 5.41) is 0. The standard InChI is InChI=1S/C5H2F8O/c6-1(7)2(8)14-4(11)5(12,13)3(9)10/h3-4H. The van der Waals surface area contributed by atoms with E-state index in [0.717, 1.165) is 0 Å². The zero-order valence-electron chi connectivity index (χ0n) is 6.09. The first kappa shape index (κ1) is 13.0. The van der Waals surface area contributed by atoms with Gasteiger partial charge in [-0.3, -0.25) is 0 Å². The van der Waals surface area contributed by atoms with Crippen LogP contribution in [0.3, 0.4) is 0 Å². The highest BCUT2D eigenvalue weighted by Gasteiger charge is 2.52. The van der Waals surface area contributed by atoms with Gasteiger partial charge in [-0.25, -0.2) is 8.78 Å². The summed E-state index contributed by atoms with van der Waals surface area (Å²) in [6, 6.07) is -2.96. The van der Waals surface area contributed by atoms with Crippen LogP contribution in [-0.2, 0) is 4.74 Å². The van der Waals surface area contributed by atoms with E-state index in [2.05, 4.69) is 4.74 Å². The Bertz CT molecular complexity index is 220. The van der Waals surface area contributed by atoms with Gasteiger partial charge in [-0.1, -0.05) is 0 Å². The fraction of sp³-hybridized carbons (Fsp3) is 0.600. The number of alkyl halides is 5. The first-order valence-electron chi connectivity index (χ1n) is 2.87. The van der Waals surface area contributed by atoms with Crippen LogP contribution >= 0.6 is 0 Å². The summed E-state index contributed by atoms with van der Waals surface area (Å²) < 4.78 is 95.0. The molecule has 0 rings (SSSR count). The van der Waals surface area contributed by atoms with Crippen molar-refractivity contribution >= 4 is 0 Å². The molecule has 1 atom stereocenters. The van der Waals surface area contributed by atoms with Crippen LogP contribution in [0.5, 0.6) is 0 Å². The number of rotatable bonds is 4. The van der Waals surface area contributed by atoms with Gasteiger partial charge in [0.15, 0.2) is 0 Å². The summed E-state index contributed by atoms with van der Waals surface area (Å²) in [4.78, 5) is 0. The number of hydrogen-bond acceptors (Lipinski definition) is 1. The normalized spacial score (nSPS) is 14.1. The number of halogens is 8. The molecule has 0 radical (unpaired) electrons. The lowest BCUT2D eigenvalue weighted by molar-refractivity contribution is -0.243. The second-order valence-corrected chi connectivity index (χ2v) is 1.94. The highest BCUT2D eigenvalue weighted by Crippen LogP contribution is 2.31. The van der Waals surface area contributed by atoms with Gasteiger partial charge in [0, 0.05) is 0 Å². The Morgan fingerprint density at radius 2 is 1.43 bits per heavy atom. The summed E-state index contributed by atoms with van der Waals surface area (Å²) in [6.07, 6.45) is -11.9. The van der Waals surface area contributed by atoms with Crippen LogP contribution in [0.4, 0.5) is 35.1 Å². The van der Waals surface area contributed by atoms with Crippen molar-refractivity contribution < 1.29 is 39.9 Å². The first-order valence-corrected chi connectivity index (χ1v) is 2.87. The fourth-order valence-corrected chi connectivity index (χ4v) is 0.313. The summed E-state index contributed by atoms with van der Waals surface area (Å²) in [5.74, 6) is -5.35. The van der Waals surface area contributed by atoms with Crippen LogP contribution in [0.2, 0.25) is 0 Å². The maximum absolute atomic E-state index is 12.0. The molecule has 0 aromatic heterocycles. The minimum absolute atomic E-state index is 2.60. The largest absolute Gasteiger partial charge is 0.425 e. The van der Waals surface area contributed by atoms with Crippen LogP contribution in [-0.4, -0.2) is 18.7 Å². The van der Waals surface area contributed by atoms with E-state index in [-0.39, 0.29) is 0 Å². The van der Waals surface area contributed by atoms with E-state index in [1.54, 1.807) is 0 Å². The molecule has 0 aromatic carbocycles. The lowest BCUT2D eigenvalue weighted by atomic mass is 10.3. The van der Waals surface area contributed by atoms with Crippen LogP contribution < -0.4 is 0 Å². The third-order valence-electron chi connectivity index (χ3n) is 0.949. The van der Waals surface area contributed by atoms with E-state index in [0.29, 0.717) is 0 Å². The van der Waals surface area contributed by atoms with Gasteiger partial charge in [0.25, 0.3) is 0 Å². The smallest absolute Gasteiger partial charge is 0.372 e. The second kappa shape index (κ2) is 4.47. The van der Waals surface area contributed by atoms with E-state index >= 15 is 0 Å². The van der Waals surface area contributed by atoms with Crippen LogP contribution in [0.1, 0.15) is 0 Å². The molecule has 0 N–H and O–H groups in total. The molecule has 0 aromatic rings. The van der Waals surface area contributed by atoms with Crippen molar-refractivity contribution in [2.45, 2.75) is 18.7 Å². The van der Waals surface area contributed by atoms with E-state index in [1.165, 1.54) is 0 Å². The molecule has 0 bridgehead atoms. The van der Waals surface area contributed by atoms with Gasteiger partial charge < -0.3 is 4.74 Å². The molecule has 0 aliphatic carbocycles. The Morgan fingerprint density at radius 3 is 1.71 bits per heavy atom. The Hall–Kier alpha value is -1.02. The van der Waals surface area contributed by atoms with Crippen LogP contribution in [0, 0.1) is 0 Å². The Labute approximate surface area is 71.9 Å². The van der Waals surface area contributed by atoms with Crippen molar-refractivity contribution in [3.8, 4) is 0 Å².